The molecule has 0 saturated carbocycles. The largest absolute Gasteiger partial charge is 0.457 e. The van der Waals surface area contributed by atoms with Crippen LogP contribution < -0.4 is 30.4 Å². The number of nitrogen functional groups attached to an aromatic ring is 2. The van der Waals surface area contributed by atoms with E-state index in [0.717, 1.165) is 11.1 Å². The smallest absolute Gasteiger partial charge is 0.193 e. The summed E-state index contributed by atoms with van der Waals surface area (Å²) >= 11 is 0. The van der Waals surface area contributed by atoms with Crippen LogP contribution in [0.3, 0.4) is 0 Å². The third kappa shape index (κ3) is 8.32. The van der Waals surface area contributed by atoms with Crippen molar-refractivity contribution in [3.63, 3.8) is 0 Å². The van der Waals surface area contributed by atoms with Gasteiger partial charge in [-0.15, -0.1) is 0 Å². The van der Waals surface area contributed by atoms with Gasteiger partial charge >= 0.3 is 0 Å². The van der Waals surface area contributed by atoms with Crippen molar-refractivity contribution < 1.29 is 23.7 Å². The van der Waals surface area contributed by atoms with Gasteiger partial charge in [-0.1, -0.05) is 44.2 Å². The van der Waals surface area contributed by atoms with Gasteiger partial charge in [0.15, 0.2) is 5.78 Å². The van der Waals surface area contributed by atoms with Gasteiger partial charge < -0.3 is 30.4 Å². The van der Waals surface area contributed by atoms with Crippen LogP contribution in [0.4, 0.5) is 11.4 Å². The third-order valence-electron chi connectivity index (χ3n) is 8.87. The second-order valence-electron chi connectivity index (χ2n) is 13.0. The minimum absolute atomic E-state index is 0.101. The Hall–Kier alpha value is -6.99. The number of anilines is 2. The molecule has 0 unspecified atom stereocenters. The Bertz CT molecular complexity index is 2300. The Morgan fingerprint density at radius 2 is 0.774 bits per heavy atom. The van der Waals surface area contributed by atoms with E-state index in [1.54, 1.807) is 48.5 Å². The standard InChI is InChI=1S/C46H38N2O5/c1-46(2,32-6-4-3-5-7-32)44-30-42(53-41-26-24-40(25-27-41)52-37-18-12-34(48)13-19-37)28-29-43(44)45(49)31-8-14-35(15-9-31)50-38-20-22-39(23-21-38)51-36-16-10-33(47)11-17-36/h3-30H,47-48H2,1-2H3. The highest BCUT2D eigenvalue weighted by Gasteiger charge is 2.29. The van der Waals surface area contributed by atoms with Gasteiger partial charge in [0.05, 0.1) is 0 Å². The summed E-state index contributed by atoms with van der Waals surface area (Å²) in [6, 6.07) is 52.1. The van der Waals surface area contributed by atoms with E-state index in [-0.39, 0.29) is 5.78 Å². The molecule has 53 heavy (non-hydrogen) atoms. The SMILES string of the molecule is CC(C)(c1ccccc1)c1cc(Oc2ccc(Oc3ccc(N)cc3)cc2)ccc1C(=O)c1ccc(Oc2ccc(Oc3ccc(N)cc3)cc2)cc1. The van der Waals surface area contributed by atoms with Gasteiger partial charge in [-0.3, -0.25) is 4.79 Å². The molecule has 0 radical (unpaired) electrons. The number of carbonyl (C=O) groups excluding carboxylic acids is 1. The number of ketones is 1. The predicted molar refractivity (Wildman–Crippen MR) is 210 cm³/mol. The average molecular weight is 699 g/mol. The second kappa shape index (κ2) is 15.1. The number of hydrogen-bond donors (Lipinski definition) is 2. The first-order valence-electron chi connectivity index (χ1n) is 17.2. The van der Waals surface area contributed by atoms with Crippen molar-refractivity contribution in [2.75, 3.05) is 11.5 Å². The maximum atomic E-state index is 14.2. The van der Waals surface area contributed by atoms with E-state index in [1.165, 1.54) is 0 Å². The minimum atomic E-state index is -0.519. The molecule has 262 valence electrons. The van der Waals surface area contributed by atoms with Crippen molar-refractivity contribution in [3.8, 4) is 46.0 Å². The van der Waals surface area contributed by atoms with Gasteiger partial charge in [-0.05, 0) is 151 Å². The number of nitrogens with two attached hydrogens (primary N) is 2. The van der Waals surface area contributed by atoms with Crippen LogP contribution >= 0.6 is 0 Å². The molecule has 7 rings (SSSR count). The van der Waals surface area contributed by atoms with E-state index in [9.17, 15) is 4.79 Å². The summed E-state index contributed by atoms with van der Waals surface area (Å²) in [4.78, 5) is 14.2. The maximum absolute atomic E-state index is 14.2. The summed E-state index contributed by atoms with van der Waals surface area (Å²) in [5.74, 6) is 5.11. The molecule has 7 aromatic rings. The van der Waals surface area contributed by atoms with Crippen molar-refractivity contribution in [1.29, 1.82) is 0 Å². The van der Waals surface area contributed by atoms with Crippen molar-refractivity contribution in [1.82, 2.24) is 0 Å². The molecule has 7 nitrogen and oxygen atoms in total. The lowest BCUT2D eigenvalue weighted by atomic mass is 9.75. The maximum Gasteiger partial charge on any atom is 0.193 e. The van der Waals surface area contributed by atoms with E-state index >= 15 is 0 Å². The summed E-state index contributed by atoms with van der Waals surface area (Å²) in [6.07, 6.45) is 0. The molecule has 0 bridgehead atoms. The van der Waals surface area contributed by atoms with E-state index in [4.69, 9.17) is 30.4 Å². The van der Waals surface area contributed by atoms with Gasteiger partial charge in [-0.2, -0.15) is 0 Å². The summed E-state index contributed by atoms with van der Waals surface area (Å²) in [5, 5.41) is 0. The van der Waals surface area contributed by atoms with Crippen LogP contribution in [0.25, 0.3) is 0 Å². The molecular formula is C46H38N2O5. The van der Waals surface area contributed by atoms with Crippen LogP contribution in [0.1, 0.15) is 40.9 Å². The zero-order chi connectivity index (χ0) is 36.8. The van der Waals surface area contributed by atoms with Crippen LogP contribution in [0.5, 0.6) is 46.0 Å². The first kappa shape index (κ1) is 34.5. The monoisotopic (exact) mass is 698 g/mol. The molecule has 0 aromatic heterocycles. The fourth-order valence-corrected chi connectivity index (χ4v) is 5.91. The van der Waals surface area contributed by atoms with Crippen LogP contribution in [0, 0.1) is 0 Å². The molecule has 7 heteroatoms. The van der Waals surface area contributed by atoms with Crippen LogP contribution in [-0.4, -0.2) is 5.78 Å². The van der Waals surface area contributed by atoms with Crippen LogP contribution in [0.2, 0.25) is 0 Å². The Morgan fingerprint density at radius 1 is 0.434 bits per heavy atom. The summed E-state index contributed by atoms with van der Waals surface area (Å²) < 4.78 is 24.2. The zero-order valence-electron chi connectivity index (χ0n) is 29.4. The van der Waals surface area contributed by atoms with E-state index in [0.29, 0.717) is 68.5 Å². The number of ether oxygens (including phenoxy) is 4. The minimum Gasteiger partial charge on any atom is -0.457 e. The Labute approximate surface area is 309 Å². The summed E-state index contributed by atoms with van der Waals surface area (Å²) in [6.45, 7) is 4.23. The quantitative estimate of drug-likeness (QED) is 0.0966. The fraction of sp³-hybridized carbons (Fsp3) is 0.0652. The molecule has 0 aliphatic rings. The molecule has 0 aliphatic carbocycles. The first-order chi connectivity index (χ1) is 25.7. The highest BCUT2D eigenvalue weighted by Crippen LogP contribution is 2.38. The van der Waals surface area contributed by atoms with E-state index in [2.05, 4.69) is 26.0 Å². The molecule has 0 spiro atoms. The molecule has 0 aliphatic heterocycles. The Kier molecular flexibility index (Phi) is 9.81. The average Bonchev–Trinajstić information content (AvgIpc) is 3.18. The number of rotatable bonds is 12. The summed E-state index contributed by atoms with van der Waals surface area (Å²) in [5.41, 5.74) is 15.4. The number of hydrogen-bond acceptors (Lipinski definition) is 7. The number of carbonyl (C=O) groups is 1. The van der Waals surface area contributed by atoms with Crippen LogP contribution in [-0.2, 0) is 5.41 Å². The Morgan fingerprint density at radius 3 is 1.19 bits per heavy atom. The van der Waals surface area contributed by atoms with Gasteiger partial charge in [0.25, 0.3) is 0 Å². The van der Waals surface area contributed by atoms with E-state index < -0.39 is 5.41 Å². The van der Waals surface area contributed by atoms with Crippen molar-refractivity contribution in [2.45, 2.75) is 19.3 Å². The van der Waals surface area contributed by atoms with Gasteiger partial charge in [-0.25, -0.2) is 0 Å². The predicted octanol–water partition coefficient (Wildman–Crippen LogP) is 11.6. The highest BCUT2D eigenvalue weighted by molar-refractivity contribution is 6.10. The molecule has 0 saturated heterocycles. The lowest BCUT2D eigenvalue weighted by Gasteiger charge is -2.29. The fourth-order valence-electron chi connectivity index (χ4n) is 5.91. The molecule has 7 aromatic carbocycles. The molecule has 0 atom stereocenters. The van der Waals surface area contributed by atoms with Gasteiger partial charge in [0.1, 0.15) is 46.0 Å². The zero-order valence-corrected chi connectivity index (χ0v) is 29.4. The van der Waals surface area contributed by atoms with Crippen molar-refractivity contribution >= 4 is 17.2 Å². The van der Waals surface area contributed by atoms with Gasteiger partial charge in [0, 0.05) is 27.9 Å². The van der Waals surface area contributed by atoms with E-state index in [1.807, 2.05) is 109 Å². The molecule has 4 N–H and O–H groups in total. The molecule has 0 heterocycles. The van der Waals surface area contributed by atoms with Crippen molar-refractivity contribution in [3.05, 3.63) is 192 Å². The topological polar surface area (TPSA) is 106 Å². The lowest BCUT2D eigenvalue weighted by Crippen LogP contribution is -2.23. The number of benzene rings is 7. The van der Waals surface area contributed by atoms with Crippen LogP contribution in [0.15, 0.2) is 170 Å². The first-order valence-corrected chi connectivity index (χ1v) is 17.2. The normalized spacial score (nSPS) is 11.1. The highest BCUT2D eigenvalue weighted by atomic mass is 16.5. The Balaban J connectivity index is 1.08. The van der Waals surface area contributed by atoms with Crippen molar-refractivity contribution in [2.24, 2.45) is 0 Å². The lowest BCUT2D eigenvalue weighted by molar-refractivity contribution is 0.103. The molecule has 0 fully saturated rings. The second-order valence-corrected chi connectivity index (χ2v) is 13.0. The van der Waals surface area contributed by atoms with Gasteiger partial charge in [0.2, 0.25) is 0 Å². The summed E-state index contributed by atoms with van der Waals surface area (Å²) in [7, 11) is 0. The molecule has 0 amide bonds. The third-order valence-corrected chi connectivity index (χ3v) is 8.87. The molecular weight excluding hydrogens is 661 g/mol.